The fourth-order valence-electron chi connectivity index (χ4n) is 3.26. The van der Waals surface area contributed by atoms with Crippen molar-refractivity contribution in [2.45, 2.75) is 6.92 Å². The number of benzene rings is 2. The average molecular weight is 403 g/mol. The van der Waals surface area contributed by atoms with Crippen molar-refractivity contribution in [3.8, 4) is 22.8 Å². The maximum absolute atomic E-state index is 12.4. The average Bonchev–Trinajstić information content (AvgIpc) is 3.38. The highest BCUT2D eigenvalue weighted by Crippen LogP contribution is 2.31. The van der Waals surface area contributed by atoms with Crippen molar-refractivity contribution in [2.24, 2.45) is 5.10 Å². The Morgan fingerprint density at radius 3 is 2.70 bits per heavy atom. The molecule has 0 fully saturated rings. The van der Waals surface area contributed by atoms with Crippen LogP contribution in [-0.2, 0) is 0 Å². The van der Waals surface area contributed by atoms with Gasteiger partial charge in [-0.2, -0.15) is 10.2 Å². The van der Waals surface area contributed by atoms with Crippen LogP contribution < -0.4 is 14.9 Å². The molecular weight excluding hydrogens is 382 g/mol. The number of carbonyl (C=O) groups excluding carboxylic acids is 1. The maximum Gasteiger partial charge on any atom is 0.289 e. The van der Waals surface area contributed by atoms with Gasteiger partial charge in [0.05, 0.1) is 26.1 Å². The van der Waals surface area contributed by atoms with Crippen molar-refractivity contribution in [1.82, 2.24) is 20.6 Å². The highest BCUT2D eigenvalue weighted by molar-refractivity contribution is 6.01. The molecule has 8 heteroatoms. The smallest absolute Gasteiger partial charge is 0.289 e. The summed E-state index contributed by atoms with van der Waals surface area (Å²) in [5.74, 6) is 0.822. The van der Waals surface area contributed by atoms with E-state index in [0.717, 1.165) is 27.7 Å². The minimum atomic E-state index is -0.386. The molecule has 0 saturated heterocycles. The second-order valence-corrected chi connectivity index (χ2v) is 6.65. The van der Waals surface area contributed by atoms with E-state index in [9.17, 15) is 4.79 Å². The summed E-state index contributed by atoms with van der Waals surface area (Å²) in [5, 5.41) is 12.1. The number of aryl methyl sites for hydroxylation is 1. The van der Waals surface area contributed by atoms with Crippen LogP contribution in [0.3, 0.4) is 0 Å². The summed E-state index contributed by atoms with van der Waals surface area (Å²) < 4.78 is 10.6. The summed E-state index contributed by atoms with van der Waals surface area (Å²) >= 11 is 0. The number of hydrogen-bond acceptors (Lipinski definition) is 5. The van der Waals surface area contributed by atoms with E-state index < -0.39 is 0 Å². The molecule has 0 radical (unpaired) electrons. The van der Waals surface area contributed by atoms with Crippen LogP contribution in [0.2, 0.25) is 0 Å². The monoisotopic (exact) mass is 403 g/mol. The Kier molecular flexibility index (Phi) is 5.21. The molecule has 2 aromatic carbocycles. The van der Waals surface area contributed by atoms with Gasteiger partial charge < -0.3 is 14.5 Å². The quantitative estimate of drug-likeness (QED) is 0.338. The first kappa shape index (κ1) is 19.3. The van der Waals surface area contributed by atoms with Gasteiger partial charge in [-0.3, -0.25) is 9.89 Å². The molecule has 30 heavy (non-hydrogen) atoms. The summed E-state index contributed by atoms with van der Waals surface area (Å²) in [7, 11) is 3.14. The number of amides is 1. The fraction of sp³-hybridized carbons (Fsp3) is 0.136. The normalized spacial score (nSPS) is 11.2. The first-order valence-electron chi connectivity index (χ1n) is 9.29. The molecule has 2 heterocycles. The van der Waals surface area contributed by atoms with Crippen LogP contribution in [0.15, 0.2) is 53.6 Å². The molecule has 0 aliphatic heterocycles. The van der Waals surface area contributed by atoms with Gasteiger partial charge in [0.1, 0.15) is 5.69 Å². The first-order valence-corrected chi connectivity index (χ1v) is 9.29. The standard InChI is InChI=1S/C22H21N5O3/c1-13-16(15-6-4-5-7-17(15)24-13)12-23-27-22(28)19-11-18(25-26-19)14-8-9-20(29-2)21(10-14)30-3/h4-12,24H,1-3H3,(H,25,26)(H,27,28)/b23-12+. The molecule has 0 aliphatic rings. The molecule has 8 nitrogen and oxygen atoms in total. The van der Waals surface area contributed by atoms with E-state index in [4.69, 9.17) is 9.47 Å². The van der Waals surface area contributed by atoms with E-state index in [0.29, 0.717) is 22.9 Å². The maximum atomic E-state index is 12.4. The van der Waals surface area contributed by atoms with Gasteiger partial charge in [-0.25, -0.2) is 5.43 Å². The summed E-state index contributed by atoms with van der Waals surface area (Å²) in [6.45, 7) is 1.97. The Balaban J connectivity index is 1.49. The molecule has 3 N–H and O–H groups in total. The molecule has 0 unspecified atom stereocenters. The minimum Gasteiger partial charge on any atom is -0.493 e. The Bertz CT molecular complexity index is 1240. The van der Waals surface area contributed by atoms with Gasteiger partial charge in [0.15, 0.2) is 11.5 Å². The largest absolute Gasteiger partial charge is 0.493 e. The number of aromatic nitrogens is 3. The number of rotatable bonds is 6. The van der Waals surface area contributed by atoms with Gasteiger partial charge in [-0.15, -0.1) is 0 Å². The Morgan fingerprint density at radius 2 is 1.90 bits per heavy atom. The van der Waals surface area contributed by atoms with E-state index in [1.807, 2.05) is 37.3 Å². The molecule has 0 bridgehead atoms. The molecule has 2 aromatic heterocycles. The van der Waals surface area contributed by atoms with E-state index >= 15 is 0 Å². The predicted octanol–water partition coefficient (Wildman–Crippen LogP) is 3.65. The zero-order valence-corrected chi connectivity index (χ0v) is 16.8. The van der Waals surface area contributed by atoms with Crippen LogP contribution in [0.1, 0.15) is 21.7 Å². The number of ether oxygens (including phenoxy) is 2. The topological polar surface area (TPSA) is 104 Å². The number of H-pyrrole nitrogens is 2. The van der Waals surface area contributed by atoms with Crippen molar-refractivity contribution >= 4 is 23.0 Å². The zero-order valence-electron chi connectivity index (χ0n) is 16.8. The Morgan fingerprint density at radius 1 is 1.10 bits per heavy atom. The van der Waals surface area contributed by atoms with Crippen molar-refractivity contribution in [1.29, 1.82) is 0 Å². The van der Waals surface area contributed by atoms with Crippen LogP contribution >= 0.6 is 0 Å². The van der Waals surface area contributed by atoms with Crippen molar-refractivity contribution in [3.05, 3.63) is 65.5 Å². The lowest BCUT2D eigenvalue weighted by Gasteiger charge is -2.08. The van der Waals surface area contributed by atoms with Crippen LogP contribution in [-0.4, -0.2) is 41.5 Å². The Labute approximate surface area is 172 Å². The molecule has 4 rings (SSSR count). The number of hydrogen-bond donors (Lipinski definition) is 3. The lowest BCUT2D eigenvalue weighted by Crippen LogP contribution is -2.18. The van der Waals surface area contributed by atoms with E-state index in [1.54, 1.807) is 38.6 Å². The van der Waals surface area contributed by atoms with E-state index in [-0.39, 0.29) is 5.91 Å². The summed E-state index contributed by atoms with van der Waals surface area (Å²) in [6, 6.07) is 15.0. The molecule has 0 aliphatic carbocycles. The third kappa shape index (κ3) is 3.62. The predicted molar refractivity (Wildman–Crippen MR) is 115 cm³/mol. The number of hydrazone groups is 1. The van der Waals surface area contributed by atoms with Crippen LogP contribution in [0.25, 0.3) is 22.2 Å². The highest BCUT2D eigenvalue weighted by atomic mass is 16.5. The number of methoxy groups -OCH3 is 2. The van der Waals surface area contributed by atoms with Crippen molar-refractivity contribution in [3.63, 3.8) is 0 Å². The van der Waals surface area contributed by atoms with Crippen molar-refractivity contribution < 1.29 is 14.3 Å². The summed E-state index contributed by atoms with van der Waals surface area (Å²) in [6.07, 6.45) is 1.64. The highest BCUT2D eigenvalue weighted by Gasteiger charge is 2.13. The third-order valence-corrected chi connectivity index (χ3v) is 4.80. The minimum absolute atomic E-state index is 0.299. The second-order valence-electron chi connectivity index (χ2n) is 6.65. The number of nitrogens with one attached hydrogen (secondary N) is 3. The van der Waals surface area contributed by atoms with Crippen molar-refractivity contribution in [2.75, 3.05) is 14.2 Å². The Hall–Kier alpha value is -4.07. The van der Waals surface area contributed by atoms with Gasteiger partial charge in [-0.05, 0) is 37.3 Å². The number of para-hydroxylation sites is 1. The van der Waals surface area contributed by atoms with Gasteiger partial charge >= 0.3 is 0 Å². The number of carbonyl (C=O) groups is 1. The summed E-state index contributed by atoms with van der Waals surface area (Å²) in [5.41, 5.74) is 7.17. The summed E-state index contributed by atoms with van der Waals surface area (Å²) in [4.78, 5) is 15.7. The van der Waals surface area contributed by atoms with Gasteiger partial charge in [-0.1, -0.05) is 18.2 Å². The van der Waals surface area contributed by atoms with Gasteiger partial charge in [0, 0.05) is 27.7 Å². The lowest BCUT2D eigenvalue weighted by atomic mass is 10.1. The molecule has 1 amide bonds. The molecule has 0 saturated carbocycles. The zero-order chi connectivity index (χ0) is 21.1. The van der Waals surface area contributed by atoms with Gasteiger partial charge in [0.25, 0.3) is 5.91 Å². The molecular formula is C22H21N5O3. The number of nitrogens with zero attached hydrogens (tertiary/aromatic N) is 2. The SMILES string of the molecule is COc1ccc(-c2cc(C(=O)N/N=C/c3c(C)[nH]c4ccccc34)[nH]n2)cc1OC. The molecule has 152 valence electrons. The second kappa shape index (κ2) is 8.12. The van der Waals surface area contributed by atoms with Crippen LogP contribution in [0.4, 0.5) is 0 Å². The number of fused-ring (bicyclic) bond motifs is 1. The van der Waals surface area contributed by atoms with E-state index in [2.05, 4.69) is 25.7 Å². The third-order valence-electron chi connectivity index (χ3n) is 4.80. The van der Waals surface area contributed by atoms with E-state index in [1.165, 1.54) is 0 Å². The molecule has 4 aromatic rings. The van der Waals surface area contributed by atoms with Crippen LogP contribution in [0.5, 0.6) is 11.5 Å². The van der Waals surface area contributed by atoms with Gasteiger partial charge in [0.2, 0.25) is 0 Å². The van der Waals surface area contributed by atoms with Crippen LogP contribution in [0, 0.1) is 6.92 Å². The first-order chi connectivity index (χ1) is 14.6. The molecule has 0 atom stereocenters. The number of aromatic amines is 2. The molecule has 0 spiro atoms. The fourth-order valence-corrected chi connectivity index (χ4v) is 3.26. The lowest BCUT2D eigenvalue weighted by molar-refractivity contribution is 0.0950.